The van der Waals surface area contributed by atoms with Gasteiger partial charge in [0.05, 0.1) is 23.6 Å². The molecule has 0 aliphatic heterocycles. The van der Waals surface area contributed by atoms with Crippen LogP contribution in [0.3, 0.4) is 0 Å². The standard InChI is InChI=1S/C15H23N5O/c1-6-7-16-13-8-12(9-21-5)17-15(18-13)14-10(2)19-20(4)11(14)3/h8H,6-7,9H2,1-5H3,(H,16,17,18). The summed E-state index contributed by atoms with van der Waals surface area (Å²) in [6.45, 7) is 7.48. The van der Waals surface area contributed by atoms with Crippen molar-refractivity contribution >= 4 is 5.82 Å². The van der Waals surface area contributed by atoms with Gasteiger partial charge in [0.15, 0.2) is 5.82 Å². The summed E-state index contributed by atoms with van der Waals surface area (Å²) in [5.41, 5.74) is 3.85. The molecule has 0 saturated heterocycles. The number of hydrogen-bond acceptors (Lipinski definition) is 5. The molecule has 0 saturated carbocycles. The van der Waals surface area contributed by atoms with Crippen LogP contribution >= 0.6 is 0 Å². The van der Waals surface area contributed by atoms with Crippen LogP contribution in [0.5, 0.6) is 0 Å². The maximum Gasteiger partial charge on any atom is 0.165 e. The molecule has 2 heterocycles. The zero-order valence-corrected chi connectivity index (χ0v) is 13.4. The first kappa shape index (κ1) is 15.4. The summed E-state index contributed by atoms with van der Waals surface area (Å²) in [7, 11) is 3.60. The summed E-state index contributed by atoms with van der Waals surface area (Å²) in [5, 5.41) is 7.75. The highest BCUT2D eigenvalue weighted by atomic mass is 16.5. The first-order chi connectivity index (χ1) is 10.1. The molecule has 0 spiro atoms. The van der Waals surface area contributed by atoms with Crippen molar-refractivity contribution in [3.8, 4) is 11.4 Å². The van der Waals surface area contributed by atoms with Crippen molar-refractivity contribution in [3.63, 3.8) is 0 Å². The van der Waals surface area contributed by atoms with Crippen LogP contribution in [0, 0.1) is 13.8 Å². The third-order valence-corrected chi connectivity index (χ3v) is 3.36. The number of rotatable bonds is 6. The van der Waals surface area contributed by atoms with Gasteiger partial charge in [0.1, 0.15) is 5.82 Å². The summed E-state index contributed by atoms with van der Waals surface area (Å²) in [6, 6.07) is 1.93. The van der Waals surface area contributed by atoms with Crippen LogP contribution in [-0.2, 0) is 18.4 Å². The van der Waals surface area contributed by atoms with Crippen LogP contribution in [0.15, 0.2) is 6.07 Å². The van der Waals surface area contributed by atoms with Crippen molar-refractivity contribution in [2.75, 3.05) is 19.0 Å². The molecule has 6 heteroatoms. The molecule has 6 nitrogen and oxygen atoms in total. The van der Waals surface area contributed by atoms with Gasteiger partial charge in [-0.2, -0.15) is 5.10 Å². The van der Waals surface area contributed by atoms with Gasteiger partial charge in [-0.25, -0.2) is 9.97 Å². The van der Waals surface area contributed by atoms with Crippen molar-refractivity contribution in [3.05, 3.63) is 23.1 Å². The smallest absolute Gasteiger partial charge is 0.165 e. The molecule has 114 valence electrons. The molecule has 0 atom stereocenters. The van der Waals surface area contributed by atoms with Crippen LogP contribution in [-0.4, -0.2) is 33.4 Å². The Labute approximate surface area is 125 Å². The van der Waals surface area contributed by atoms with Crippen LogP contribution in [0.25, 0.3) is 11.4 Å². The second-order valence-corrected chi connectivity index (χ2v) is 5.10. The number of aromatic nitrogens is 4. The zero-order chi connectivity index (χ0) is 15.4. The van der Waals surface area contributed by atoms with E-state index in [0.29, 0.717) is 12.4 Å². The molecule has 0 aliphatic rings. The quantitative estimate of drug-likeness (QED) is 0.885. The minimum absolute atomic E-state index is 0.467. The van der Waals surface area contributed by atoms with Gasteiger partial charge in [-0.05, 0) is 20.3 Å². The lowest BCUT2D eigenvalue weighted by atomic mass is 10.2. The minimum atomic E-state index is 0.467. The summed E-state index contributed by atoms with van der Waals surface area (Å²) in [6.07, 6.45) is 1.05. The van der Waals surface area contributed by atoms with Gasteiger partial charge >= 0.3 is 0 Å². The second-order valence-electron chi connectivity index (χ2n) is 5.10. The number of methoxy groups -OCH3 is 1. The summed E-state index contributed by atoms with van der Waals surface area (Å²) >= 11 is 0. The molecule has 0 aromatic carbocycles. The highest BCUT2D eigenvalue weighted by Crippen LogP contribution is 2.25. The fourth-order valence-corrected chi connectivity index (χ4v) is 2.27. The molecule has 0 fully saturated rings. The summed E-state index contributed by atoms with van der Waals surface area (Å²) in [4.78, 5) is 9.23. The van der Waals surface area contributed by atoms with E-state index in [4.69, 9.17) is 4.74 Å². The summed E-state index contributed by atoms with van der Waals surface area (Å²) < 4.78 is 7.06. The normalized spacial score (nSPS) is 10.9. The molecular weight excluding hydrogens is 266 g/mol. The van der Waals surface area contributed by atoms with E-state index < -0.39 is 0 Å². The van der Waals surface area contributed by atoms with Gasteiger partial charge < -0.3 is 10.1 Å². The highest BCUT2D eigenvalue weighted by Gasteiger charge is 2.16. The van der Waals surface area contributed by atoms with E-state index in [9.17, 15) is 0 Å². The van der Waals surface area contributed by atoms with Gasteiger partial charge in [-0.15, -0.1) is 0 Å². The van der Waals surface area contributed by atoms with Crippen LogP contribution in [0.1, 0.15) is 30.4 Å². The SMILES string of the molecule is CCCNc1cc(COC)nc(-c2c(C)nn(C)c2C)n1. The monoisotopic (exact) mass is 289 g/mol. The van der Waals surface area contributed by atoms with Gasteiger partial charge in [0.2, 0.25) is 0 Å². The van der Waals surface area contributed by atoms with Crippen LogP contribution in [0.4, 0.5) is 5.82 Å². The third-order valence-electron chi connectivity index (χ3n) is 3.36. The molecule has 21 heavy (non-hydrogen) atoms. The number of anilines is 1. The number of ether oxygens (including phenoxy) is 1. The van der Waals surface area contributed by atoms with E-state index in [2.05, 4.69) is 27.3 Å². The largest absolute Gasteiger partial charge is 0.378 e. The molecule has 1 N–H and O–H groups in total. The Morgan fingerprint density at radius 1 is 1.29 bits per heavy atom. The van der Waals surface area contributed by atoms with E-state index >= 15 is 0 Å². The topological polar surface area (TPSA) is 64.9 Å². The average Bonchev–Trinajstić information content (AvgIpc) is 2.70. The van der Waals surface area contributed by atoms with Crippen molar-refractivity contribution in [1.82, 2.24) is 19.7 Å². The minimum Gasteiger partial charge on any atom is -0.378 e. The number of hydrogen-bond donors (Lipinski definition) is 1. The molecule has 0 bridgehead atoms. The first-order valence-electron chi connectivity index (χ1n) is 7.18. The average molecular weight is 289 g/mol. The van der Waals surface area contributed by atoms with E-state index in [-0.39, 0.29) is 0 Å². The van der Waals surface area contributed by atoms with Crippen molar-refractivity contribution < 1.29 is 4.74 Å². The zero-order valence-electron chi connectivity index (χ0n) is 13.4. The lowest BCUT2D eigenvalue weighted by Crippen LogP contribution is -2.06. The van der Waals surface area contributed by atoms with Gasteiger partial charge in [-0.1, -0.05) is 6.92 Å². The third kappa shape index (κ3) is 3.39. The fraction of sp³-hybridized carbons (Fsp3) is 0.533. The molecule has 2 rings (SSSR count). The van der Waals surface area contributed by atoms with Gasteiger partial charge in [0, 0.05) is 32.5 Å². The number of nitrogens with zero attached hydrogens (tertiary/aromatic N) is 4. The highest BCUT2D eigenvalue weighted by molar-refractivity contribution is 5.63. The van der Waals surface area contributed by atoms with Crippen LogP contribution in [0.2, 0.25) is 0 Å². The molecule has 2 aromatic heterocycles. The molecule has 0 unspecified atom stereocenters. The Morgan fingerprint density at radius 2 is 2.05 bits per heavy atom. The Morgan fingerprint density at radius 3 is 2.62 bits per heavy atom. The fourth-order valence-electron chi connectivity index (χ4n) is 2.27. The molecule has 2 aromatic rings. The van der Waals surface area contributed by atoms with E-state index in [1.807, 2.05) is 31.6 Å². The maximum absolute atomic E-state index is 5.21. The van der Waals surface area contributed by atoms with E-state index in [0.717, 1.165) is 41.4 Å². The van der Waals surface area contributed by atoms with Crippen LogP contribution < -0.4 is 5.32 Å². The maximum atomic E-state index is 5.21. The summed E-state index contributed by atoms with van der Waals surface area (Å²) in [5.74, 6) is 1.53. The second kappa shape index (κ2) is 6.67. The predicted octanol–water partition coefficient (Wildman–Crippen LogP) is 2.46. The Hall–Kier alpha value is -1.95. The lowest BCUT2D eigenvalue weighted by molar-refractivity contribution is 0.181. The Kier molecular flexibility index (Phi) is 4.90. The van der Waals surface area contributed by atoms with E-state index in [1.54, 1.807) is 7.11 Å². The van der Waals surface area contributed by atoms with Crippen molar-refractivity contribution in [2.24, 2.45) is 7.05 Å². The van der Waals surface area contributed by atoms with Crippen molar-refractivity contribution in [2.45, 2.75) is 33.8 Å². The number of aryl methyl sites for hydroxylation is 2. The lowest BCUT2D eigenvalue weighted by Gasteiger charge is -2.09. The van der Waals surface area contributed by atoms with Gasteiger partial charge in [-0.3, -0.25) is 4.68 Å². The molecule has 0 radical (unpaired) electrons. The molecular formula is C15H23N5O. The van der Waals surface area contributed by atoms with Gasteiger partial charge in [0.25, 0.3) is 0 Å². The van der Waals surface area contributed by atoms with Crippen molar-refractivity contribution in [1.29, 1.82) is 0 Å². The predicted molar refractivity (Wildman–Crippen MR) is 83.2 cm³/mol. The van der Waals surface area contributed by atoms with E-state index in [1.165, 1.54) is 0 Å². The number of nitrogens with one attached hydrogen (secondary N) is 1. The molecule has 0 amide bonds. The Bertz CT molecular complexity index is 621. The Balaban J connectivity index is 2.48. The molecule has 0 aliphatic carbocycles. The first-order valence-corrected chi connectivity index (χ1v) is 7.18.